The van der Waals surface area contributed by atoms with Crippen molar-refractivity contribution in [3.63, 3.8) is 0 Å². The van der Waals surface area contributed by atoms with Gasteiger partial charge in [0.1, 0.15) is 10.9 Å². The summed E-state index contributed by atoms with van der Waals surface area (Å²) >= 11 is 7.18. The zero-order valence-corrected chi connectivity index (χ0v) is 13.2. The topological polar surface area (TPSA) is 98.5 Å². The standard InChI is InChI=1S/C12H11ClN2O4S2/c1-7-15(10(6-20-7)12(16)17)21(18,19)11-3-2-8(5-14)4-9(11)13/h2-4,7,10H,6H2,1H3,(H,16,17). The van der Waals surface area contributed by atoms with Crippen LogP contribution in [0.5, 0.6) is 0 Å². The van der Waals surface area contributed by atoms with E-state index in [9.17, 15) is 13.2 Å². The third-order valence-electron chi connectivity index (χ3n) is 3.06. The number of hydrogen-bond acceptors (Lipinski definition) is 5. The van der Waals surface area contributed by atoms with Crippen LogP contribution < -0.4 is 0 Å². The van der Waals surface area contributed by atoms with Gasteiger partial charge in [-0.15, -0.1) is 11.8 Å². The van der Waals surface area contributed by atoms with E-state index in [1.165, 1.54) is 30.0 Å². The van der Waals surface area contributed by atoms with Crippen molar-refractivity contribution in [1.82, 2.24) is 4.31 Å². The maximum Gasteiger partial charge on any atom is 0.322 e. The van der Waals surface area contributed by atoms with Crippen LogP contribution in [0.4, 0.5) is 0 Å². The largest absolute Gasteiger partial charge is 0.480 e. The maximum atomic E-state index is 12.7. The van der Waals surface area contributed by atoms with Crippen molar-refractivity contribution < 1.29 is 18.3 Å². The van der Waals surface area contributed by atoms with Gasteiger partial charge in [-0.25, -0.2) is 8.42 Å². The Morgan fingerprint density at radius 3 is 2.76 bits per heavy atom. The molecule has 1 heterocycles. The number of thioether (sulfide) groups is 1. The molecule has 1 aromatic rings. The van der Waals surface area contributed by atoms with Crippen molar-refractivity contribution in [2.75, 3.05) is 5.75 Å². The highest BCUT2D eigenvalue weighted by atomic mass is 35.5. The molecule has 112 valence electrons. The molecular weight excluding hydrogens is 336 g/mol. The number of rotatable bonds is 3. The molecule has 2 unspecified atom stereocenters. The van der Waals surface area contributed by atoms with Gasteiger partial charge in [-0.05, 0) is 25.1 Å². The number of carboxylic acid groups (broad SMARTS) is 1. The fraction of sp³-hybridized carbons (Fsp3) is 0.333. The first kappa shape index (κ1) is 16.1. The second-order valence-corrected chi connectivity index (χ2v) is 7.95. The molecule has 1 aromatic carbocycles. The minimum atomic E-state index is -4.05. The van der Waals surface area contributed by atoms with Crippen molar-refractivity contribution >= 4 is 39.4 Å². The number of aliphatic carboxylic acids is 1. The van der Waals surface area contributed by atoms with Gasteiger partial charge in [0, 0.05) is 5.75 Å². The maximum absolute atomic E-state index is 12.7. The first-order valence-corrected chi connectivity index (χ1v) is 8.73. The minimum Gasteiger partial charge on any atom is -0.480 e. The van der Waals surface area contributed by atoms with Gasteiger partial charge in [0.2, 0.25) is 10.0 Å². The smallest absolute Gasteiger partial charge is 0.322 e. The molecule has 2 rings (SSSR count). The molecule has 0 saturated carbocycles. The van der Waals surface area contributed by atoms with Crippen LogP contribution in [0.25, 0.3) is 0 Å². The van der Waals surface area contributed by atoms with Gasteiger partial charge in [-0.3, -0.25) is 4.79 Å². The Morgan fingerprint density at radius 2 is 2.24 bits per heavy atom. The third kappa shape index (κ3) is 2.87. The molecule has 6 nitrogen and oxygen atoms in total. The van der Waals surface area contributed by atoms with Crippen molar-refractivity contribution in [3.8, 4) is 6.07 Å². The minimum absolute atomic E-state index is 0.0951. The monoisotopic (exact) mass is 346 g/mol. The third-order valence-corrected chi connectivity index (χ3v) is 6.88. The van der Waals surface area contributed by atoms with Gasteiger partial charge in [0.05, 0.1) is 22.0 Å². The molecule has 1 aliphatic heterocycles. The summed E-state index contributed by atoms with van der Waals surface area (Å²) in [6.45, 7) is 1.63. The lowest BCUT2D eigenvalue weighted by atomic mass is 10.2. The van der Waals surface area contributed by atoms with E-state index in [0.29, 0.717) is 0 Å². The van der Waals surface area contributed by atoms with Crippen molar-refractivity contribution in [1.29, 1.82) is 5.26 Å². The van der Waals surface area contributed by atoms with Gasteiger partial charge < -0.3 is 5.11 Å². The van der Waals surface area contributed by atoms with E-state index >= 15 is 0 Å². The lowest BCUT2D eigenvalue weighted by molar-refractivity contribution is -0.140. The van der Waals surface area contributed by atoms with Crippen LogP contribution in [0.2, 0.25) is 5.02 Å². The highest BCUT2D eigenvalue weighted by Crippen LogP contribution is 2.36. The van der Waals surface area contributed by atoms with Crippen LogP contribution in [0.15, 0.2) is 23.1 Å². The van der Waals surface area contributed by atoms with Crippen LogP contribution in [0, 0.1) is 11.3 Å². The Labute approximate surface area is 131 Å². The lowest BCUT2D eigenvalue weighted by Crippen LogP contribution is -2.44. The van der Waals surface area contributed by atoms with E-state index in [1.807, 2.05) is 6.07 Å². The number of benzene rings is 1. The molecule has 0 aliphatic carbocycles. The Morgan fingerprint density at radius 1 is 1.57 bits per heavy atom. The molecule has 0 amide bonds. The average Bonchev–Trinajstić information content (AvgIpc) is 2.81. The molecule has 0 aromatic heterocycles. The van der Waals surface area contributed by atoms with Crippen LogP contribution in [-0.2, 0) is 14.8 Å². The van der Waals surface area contributed by atoms with E-state index in [-0.39, 0.29) is 21.2 Å². The van der Waals surface area contributed by atoms with E-state index in [1.54, 1.807) is 6.92 Å². The summed E-state index contributed by atoms with van der Waals surface area (Å²) in [7, 11) is -4.05. The summed E-state index contributed by atoms with van der Waals surface area (Å²) in [5.41, 5.74) is 0.234. The number of sulfonamides is 1. The fourth-order valence-corrected chi connectivity index (χ4v) is 5.88. The lowest BCUT2D eigenvalue weighted by Gasteiger charge is -2.24. The molecule has 21 heavy (non-hydrogen) atoms. The normalized spacial score (nSPS) is 22.9. The highest BCUT2D eigenvalue weighted by molar-refractivity contribution is 8.01. The van der Waals surface area contributed by atoms with Crippen molar-refractivity contribution in [3.05, 3.63) is 28.8 Å². The van der Waals surface area contributed by atoms with E-state index < -0.39 is 27.4 Å². The number of nitriles is 1. The number of hydrogen-bond donors (Lipinski definition) is 1. The number of halogens is 1. The molecular formula is C12H11ClN2O4S2. The fourth-order valence-electron chi connectivity index (χ4n) is 2.07. The number of carbonyl (C=O) groups is 1. The summed E-state index contributed by atoms with van der Waals surface area (Å²) in [5.74, 6) is -1.01. The predicted octanol–water partition coefficient (Wildman–Crippen LogP) is 1.75. The van der Waals surface area contributed by atoms with E-state index in [4.69, 9.17) is 22.0 Å². The van der Waals surface area contributed by atoms with Crippen molar-refractivity contribution in [2.24, 2.45) is 0 Å². The van der Waals surface area contributed by atoms with Crippen LogP contribution in [0.1, 0.15) is 12.5 Å². The van der Waals surface area contributed by atoms with Crippen LogP contribution >= 0.6 is 23.4 Å². The second kappa shape index (κ2) is 5.85. The summed E-state index contributed by atoms with van der Waals surface area (Å²) in [5, 5.41) is 17.3. The number of carboxylic acids is 1. The molecule has 1 N–H and O–H groups in total. The van der Waals surface area contributed by atoms with Crippen LogP contribution in [-0.4, -0.2) is 41.0 Å². The Hall–Kier alpha value is -1.27. The highest BCUT2D eigenvalue weighted by Gasteiger charge is 2.45. The van der Waals surface area contributed by atoms with Gasteiger partial charge in [-0.2, -0.15) is 9.57 Å². The first-order valence-electron chi connectivity index (χ1n) is 5.86. The van der Waals surface area contributed by atoms with Gasteiger partial charge in [0.25, 0.3) is 0 Å². The summed E-state index contributed by atoms with van der Waals surface area (Å²) in [6.07, 6.45) is 0. The molecule has 0 bridgehead atoms. The Balaban J connectivity index is 2.51. The zero-order valence-electron chi connectivity index (χ0n) is 10.9. The molecule has 9 heteroatoms. The van der Waals surface area contributed by atoms with Crippen molar-refractivity contribution in [2.45, 2.75) is 23.2 Å². The molecule has 1 saturated heterocycles. The number of nitrogens with zero attached hydrogens (tertiary/aromatic N) is 2. The molecule has 0 radical (unpaired) electrons. The summed E-state index contributed by atoms with van der Waals surface area (Å²) in [4.78, 5) is 11.0. The zero-order chi connectivity index (χ0) is 15.8. The summed E-state index contributed by atoms with van der Waals surface area (Å²) in [6, 6.07) is 4.55. The second-order valence-electron chi connectivity index (χ2n) is 4.38. The molecule has 1 aliphatic rings. The molecule has 1 fully saturated rings. The molecule has 0 spiro atoms. The SMILES string of the molecule is CC1SCC(C(=O)O)N1S(=O)(=O)c1ccc(C#N)cc1Cl. The molecule has 2 atom stereocenters. The average molecular weight is 347 g/mol. The van der Waals surface area contributed by atoms with E-state index in [0.717, 1.165) is 4.31 Å². The first-order chi connectivity index (χ1) is 9.78. The van der Waals surface area contributed by atoms with Gasteiger partial charge in [-0.1, -0.05) is 11.6 Å². The van der Waals surface area contributed by atoms with E-state index in [2.05, 4.69) is 0 Å². The Kier molecular flexibility index (Phi) is 4.49. The van der Waals surface area contributed by atoms with Crippen LogP contribution in [0.3, 0.4) is 0 Å². The summed E-state index contributed by atoms with van der Waals surface area (Å²) < 4.78 is 26.3. The quantitative estimate of drug-likeness (QED) is 0.895. The predicted molar refractivity (Wildman–Crippen MR) is 78.5 cm³/mol. The van der Waals surface area contributed by atoms with Gasteiger partial charge >= 0.3 is 5.97 Å². The Bertz CT molecular complexity index is 729. The van der Waals surface area contributed by atoms with Gasteiger partial charge in [0.15, 0.2) is 0 Å².